The van der Waals surface area contributed by atoms with E-state index in [2.05, 4.69) is 29.0 Å². The molecule has 110 valence electrons. The summed E-state index contributed by atoms with van der Waals surface area (Å²) in [5.74, 6) is -1.10. The monoisotopic (exact) mass is 313 g/mol. The zero-order valence-corrected chi connectivity index (χ0v) is 12.4. The first-order chi connectivity index (χ1) is 10.6. The van der Waals surface area contributed by atoms with Gasteiger partial charge in [0.25, 0.3) is 0 Å². The molecule has 0 fully saturated rings. The number of benzene rings is 2. The molecule has 0 amide bonds. The molecule has 0 unspecified atom stereocenters. The highest BCUT2D eigenvalue weighted by atomic mass is 32.1. The molecule has 2 rings (SSSR count). The molecule has 5 heteroatoms. The molecular formula is C17H12FNO2S. The summed E-state index contributed by atoms with van der Waals surface area (Å²) in [5.41, 5.74) is 1.47. The van der Waals surface area contributed by atoms with Gasteiger partial charge in [-0.1, -0.05) is 18.2 Å². The minimum atomic E-state index is -0.635. The van der Waals surface area contributed by atoms with Gasteiger partial charge in [0.2, 0.25) is 0 Å². The maximum Gasteiger partial charge on any atom is 0.343 e. The van der Waals surface area contributed by atoms with E-state index in [1.54, 1.807) is 18.2 Å². The van der Waals surface area contributed by atoms with Crippen molar-refractivity contribution in [1.29, 1.82) is 0 Å². The van der Waals surface area contributed by atoms with Crippen LogP contribution in [-0.4, -0.2) is 11.1 Å². The molecule has 2 aromatic rings. The fourth-order valence-electron chi connectivity index (χ4n) is 1.80. The molecule has 0 aliphatic heterocycles. The summed E-state index contributed by atoms with van der Waals surface area (Å²) in [5, 5.41) is 2.08. The summed E-state index contributed by atoms with van der Waals surface area (Å²) in [4.78, 5) is 15.5. The highest BCUT2D eigenvalue weighted by Crippen LogP contribution is 2.23. The average molecular weight is 313 g/mol. The van der Waals surface area contributed by atoms with E-state index < -0.39 is 11.8 Å². The number of isothiocyanates is 1. The van der Waals surface area contributed by atoms with Gasteiger partial charge >= 0.3 is 5.97 Å². The van der Waals surface area contributed by atoms with Gasteiger partial charge in [-0.2, -0.15) is 4.99 Å². The second-order valence-corrected chi connectivity index (χ2v) is 4.58. The number of hydrogen-bond donors (Lipinski definition) is 0. The van der Waals surface area contributed by atoms with Gasteiger partial charge in [0.05, 0.1) is 10.7 Å². The van der Waals surface area contributed by atoms with E-state index in [9.17, 15) is 9.18 Å². The molecule has 0 saturated carbocycles. The predicted octanol–water partition coefficient (Wildman–Crippen LogP) is 4.51. The molecule has 0 atom stereocenters. The van der Waals surface area contributed by atoms with E-state index in [1.807, 2.05) is 12.1 Å². The third-order valence-electron chi connectivity index (χ3n) is 2.87. The first kappa shape index (κ1) is 15.8. The fraction of sp³-hybridized carbons (Fsp3) is 0.0588. The lowest BCUT2D eigenvalue weighted by Gasteiger charge is -2.06. The highest BCUT2D eigenvalue weighted by molar-refractivity contribution is 7.78. The van der Waals surface area contributed by atoms with Crippen molar-refractivity contribution in [2.24, 2.45) is 4.99 Å². The van der Waals surface area contributed by atoms with Crippen LogP contribution in [0.4, 0.5) is 10.1 Å². The zero-order valence-electron chi connectivity index (χ0n) is 11.6. The Bertz CT molecular complexity index is 750. The maximum absolute atomic E-state index is 13.6. The van der Waals surface area contributed by atoms with Crippen LogP contribution in [0.3, 0.4) is 0 Å². The Labute approximate surface area is 132 Å². The molecular weight excluding hydrogens is 301 g/mol. The number of nitrogens with zero attached hydrogens (tertiary/aromatic N) is 1. The molecule has 0 aromatic heterocycles. The minimum Gasteiger partial charge on any atom is -0.423 e. The van der Waals surface area contributed by atoms with Crippen LogP contribution in [0.15, 0.2) is 60.1 Å². The Hall–Kier alpha value is -2.62. The smallest absolute Gasteiger partial charge is 0.343 e. The molecule has 0 saturated heterocycles. The standard InChI is InChI=1S/C17H12FNO2S/c1-2-3-12-4-6-13(7-5-12)17(20)21-14-8-9-16(19-11-22)15(18)10-14/h2,4-10H,1,3H2. The number of carbonyl (C=O) groups excluding carboxylic acids is 1. The molecule has 0 heterocycles. The third-order valence-corrected chi connectivity index (χ3v) is 2.96. The van der Waals surface area contributed by atoms with Gasteiger partial charge < -0.3 is 4.74 Å². The molecule has 0 spiro atoms. The molecule has 0 aliphatic rings. The normalized spacial score (nSPS) is 9.68. The van der Waals surface area contributed by atoms with Crippen LogP contribution >= 0.6 is 12.2 Å². The molecule has 0 radical (unpaired) electrons. The summed E-state index contributed by atoms with van der Waals surface area (Å²) >= 11 is 4.41. The first-order valence-corrected chi connectivity index (χ1v) is 6.84. The number of esters is 1. The van der Waals surface area contributed by atoms with Gasteiger partial charge in [-0.3, -0.25) is 0 Å². The SMILES string of the molecule is C=CCc1ccc(C(=O)Oc2ccc(N=C=S)c(F)c2)cc1. The Balaban J connectivity index is 2.12. The van der Waals surface area contributed by atoms with E-state index in [1.165, 1.54) is 12.1 Å². The van der Waals surface area contributed by atoms with Crippen molar-refractivity contribution in [3.05, 3.63) is 72.1 Å². The topological polar surface area (TPSA) is 38.7 Å². The van der Waals surface area contributed by atoms with Crippen molar-refractivity contribution >= 4 is 29.0 Å². The van der Waals surface area contributed by atoms with E-state index in [0.717, 1.165) is 18.1 Å². The zero-order chi connectivity index (χ0) is 15.9. The minimum absolute atomic E-state index is 0.0450. The Morgan fingerprint density at radius 1 is 1.32 bits per heavy atom. The highest BCUT2D eigenvalue weighted by Gasteiger charge is 2.10. The first-order valence-electron chi connectivity index (χ1n) is 6.43. The number of aliphatic imine (C=N–C) groups is 1. The van der Waals surface area contributed by atoms with Crippen LogP contribution in [0.25, 0.3) is 0 Å². The van der Waals surface area contributed by atoms with E-state index in [-0.39, 0.29) is 11.4 Å². The lowest BCUT2D eigenvalue weighted by atomic mass is 10.1. The number of ether oxygens (including phenoxy) is 1. The maximum atomic E-state index is 13.6. The summed E-state index contributed by atoms with van der Waals surface area (Å²) in [6.07, 6.45) is 2.50. The third kappa shape index (κ3) is 3.95. The van der Waals surface area contributed by atoms with Crippen LogP contribution in [0, 0.1) is 5.82 Å². The van der Waals surface area contributed by atoms with Crippen LogP contribution in [0.2, 0.25) is 0 Å². The van der Waals surface area contributed by atoms with E-state index in [0.29, 0.717) is 5.56 Å². The number of hydrogen-bond acceptors (Lipinski definition) is 4. The number of carbonyl (C=O) groups is 1. The lowest BCUT2D eigenvalue weighted by molar-refractivity contribution is 0.0734. The fourth-order valence-corrected chi connectivity index (χ4v) is 1.90. The van der Waals surface area contributed by atoms with Crippen molar-refractivity contribution < 1.29 is 13.9 Å². The van der Waals surface area contributed by atoms with E-state index in [4.69, 9.17) is 4.74 Å². The molecule has 2 aromatic carbocycles. The summed E-state index contributed by atoms with van der Waals surface area (Å²) < 4.78 is 18.8. The summed E-state index contributed by atoms with van der Waals surface area (Å²) in [6, 6.07) is 10.8. The van der Waals surface area contributed by atoms with Crippen LogP contribution < -0.4 is 4.74 Å². The summed E-state index contributed by atoms with van der Waals surface area (Å²) in [7, 11) is 0. The van der Waals surface area contributed by atoms with Crippen molar-refractivity contribution in [3.8, 4) is 5.75 Å². The predicted molar refractivity (Wildman–Crippen MR) is 86.4 cm³/mol. The molecule has 0 aliphatic carbocycles. The number of rotatable bonds is 5. The van der Waals surface area contributed by atoms with Crippen LogP contribution in [0.1, 0.15) is 15.9 Å². The molecule has 0 bridgehead atoms. The number of halogens is 1. The second kappa shape index (κ2) is 7.41. The Kier molecular flexibility index (Phi) is 5.31. The Morgan fingerprint density at radius 2 is 2.05 bits per heavy atom. The van der Waals surface area contributed by atoms with Gasteiger partial charge in [0, 0.05) is 6.07 Å². The van der Waals surface area contributed by atoms with Crippen molar-refractivity contribution in [2.75, 3.05) is 0 Å². The Morgan fingerprint density at radius 3 is 2.64 bits per heavy atom. The summed E-state index contributed by atoms with van der Waals surface area (Å²) in [6.45, 7) is 3.65. The number of thiocarbonyl (C=S) groups is 1. The quantitative estimate of drug-likeness (QED) is 0.268. The van der Waals surface area contributed by atoms with Crippen LogP contribution in [0.5, 0.6) is 5.75 Å². The molecule has 3 nitrogen and oxygen atoms in total. The lowest BCUT2D eigenvalue weighted by Crippen LogP contribution is -2.08. The van der Waals surface area contributed by atoms with E-state index >= 15 is 0 Å². The van der Waals surface area contributed by atoms with Gasteiger partial charge in [-0.25, -0.2) is 9.18 Å². The largest absolute Gasteiger partial charge is 0.423 e. The second-order valence-electron chi connectivity index (χ2n) is 4.40. The average Bonchev–Trinajstić information content (AvgIpc) is 2.51. The van der Waals surface area contributed by atoms with Crippen molar-refractivity contribution in [2.45, 2.75) is 6.42 Å². The van der Waals surface area contributed by atoms with Gasteiger partial charge in [0.15, 0.2) is 5.82 Å². The number of allylic oxidation sites excluding steroid dienone is 1. The van der Waals surface area contributed by atoms with Crippen molar-refractivity contribution in [3.63, 3.8) is 0 Å². The van der Waals surface area contributed by atoms with Gasteiger partial charge in [-0.15, -0.1) is 6.58 Å². The van der Waals surface area contributed by atoms with Gasteiger partial charge in [0.1, 0.15) is 11.4 Å². The van der Waals surface area contributed by atoms with Gasteiger partial charge in [-0.05, 0) is 48.5 Å². The molecule has 22 heavy (non-hydrogen) atoms. The van der Waals surface area contributed by atoms with Crippen molar-refractivity contribution in [1.82, 2.24) is 0 Å². The van der Waals surface area contributed by atoms with Crippen LogP contribution in [-0.2, 0) is 6.42 Å². The molecule has 0 N–H and O–H groups in total.